The van der Waals surface area contributed by atoms with E-state index in [2.05, 4.69) is 14.8 Å². The number of carbonyl (C=O) groups is 2. The van der Waals surface area contributed by atoms with E-state index in [1.165, 1.54) is 0 Å². The average Bonchev–Trinajstić information content (AvgIpc) is 2.56. The predicted octanol–water partition coefficient (Wildman–Crippen LogP) is -1.06. The summed E-state index contributed by atoms with van der Waals surface area (Å²) >= 11 is 0. The van der Waals surface area contributed by atoms with Crippen LogP contribution in [-0.2, 0) is 25.8 Å². The molecule has 0 radical (unpaired) electrons. The van der Waals surface area contributed by atoms with Crippen LogP contribution in [0, 0.1) is 0 Å². The van der Waals surface area contributed by atoms with E-state index in [0.29, 0.717) is 13.0 Å². The summed E-state index contributed by atoms with van der Waals surface area (Å²) in [5.74, 6) is -1.74. The van der Waals surface area contributed by atoms with Gasteiger partial charge in [0.2, 0.25) is 0 Å². The van der Waals surface area contributed by atoms with Crippen LogP contribution in [0.2, 0.25) is 0 Å². The number of aliphatic imine (C=N–C) groups is 1. The van der Waals surface area contributed by atoms with E-state index in [9.17, 15) is 9.59 Å². The van der Waals surface area contributed by atoms with Gasteiger partial charge in [-0.2, -0.15) is 0 Å². The Hall–Kier alpha value is -2.65. The first-order valence-electron chi connectivity index (χ1n) is 7.43. The lowest BCUT2D eigenvalue weighted by Gasteiger charge is -2.12. The SMILES string of the molecule is NC(N)=NCCC[C@@H](N)C(=O)OOC(=O)[C@H](N)Cc1ccccc1. The van der Waals surface area contributed by atoms with Crippen LogP contribution in [0.4, 0.5) is 0 Å². The Labute approximate surface area is 139 Å². The molecule has 9 heteroatoms. The second-order valence-electron chi connectivity index (χ2n) is 5.16. The summed E-state index contributed by atoms with van der Waals surface area (Å²) in [5, 5.41) is 0. The maximum Gasteiger partial charge on any atom is 0.372 e. The van der Waals surface area contributed by atoms with Gasteiger partial charge < -0.3 is 22.9 Å². The van der Waals surface area contributed by atoms with E-state index in [1.807, 2.05) is 30.3 Å². The minimum Gasteiger partial charge on any atom is -0.370 e. The molecule has 2 atom stereocenters. The van der Waals surface area contributed by atoms with Gasteiger partial charge in [-0.3, -0.25) is 4.99 Å². The van der Waals surface area contributed by atoms with Crippen LogP contribution < -0.4 is 22.9 Å². The van der Waals surface area contributed by atoms with Crippen LogP contribution in [0.3, 0.4) is 0 Å². The maximum absolute atomic E-state index is 11.7. The molecule has 0 aliphatic carbocycles. The first kappa shape index (κ1) is 19.4. The van der Waals surface area contributed by atoms with Gasteiger partial charge >= 0.3 is 11.9 Å². The van der Waals surface area contributed by atoms with Gasteiger partial charge in [0, 0.05) is 6.54 Å². The normalized spacial score (nSPS) is 12.8. The topological polar surface area (TPSA) is 169 Å². The molecule has 0 saturated carbocycles. The van der Waals surface area contributed by atoms with Gasteiger partial charge in [0.15, 0.2) is 5.96 Å². The van der Waals surface area contributed by atoms with Crippen molar-refractivity contribution in [2.45, 2.75) is 31.3 Å². The van der Waals surface area contributed by atoms with E-state index in [-0.39, 0.29) is 18.8 Å². The van der Waals surface area contributed by atoms with Crippen molar-refractivity contribution in [2.75, 3.05) is 6.54 Å². The van der Waals surface area contributed by atoms with Gasteiger partial charge in [0.05, 0.1) is 0 Å². The summed E-state index contributed by atoms with van der Waals surface area (Å²) in [5.41, 5.74) is 22.5. The van der Waals surface area contributed by atoms with Crippen molar-refractivity contribution < 1.29 is 19.4 Å². The molecule has 0 saturated heterocycles. The summed E-state index contributed by atoms with van der Waals surface area (Å²) in [6.07, 6.45) is 1.03. The molecule has 0 fully saturated rings. The van der Waals surface area contributed by atoms with E-state index in [0.717, 1.165) is 5.56 Å². The number of guanidine groups is 1. The molecule has 8 N–H and O–H groups in total. The van der Waals surface area contributed by atoms with Gasteiger partial charge in [0.25, 0.3) is 0 Å². The van der Waals surface area contributed by atoms with Crippen molar-refractivity contribution in [3.05, 3.63) is 35.9 Å². The first-order valence-corrected chi connectivity index (χ1v) is 7.43. The summed E-state index contributed by atoms with van der Waals surface area (Å²) in [4.78, 5) is 35.9. The van der Waals surface area contributed by atoms with E-state index < -0.39 is 24.0 Å². The van der Waals surface area contributed by atoms with Crippen LogP contribution >= 0.6 is 0 Å². The number of carbonyl (C=O) groups excluding carboxylic acids is 2. The molecule has 1 aromatic rings. The summed E-state index contributed by atoms with van der Waals surface area (Å²) < 4.78 is 0. The van der Waals surface area contributed by atoms with Crippen LogP contribution in [0.15, 0.2) is 35.3 Å². The van der Waals surface area contributed by atoms with Crippen LogP contribution in [0.5, 0.6) is 0 Å². The zero-order chi connectivity index (χ0) is 17.9. The number of hydrogen-bond donors (Lipinski definition) is 4. The minimum atomic E-state index is -0.947. The van der Waals surface area contributed by atoms with Crippen molar-refractivity contribution in [3.63, 3.8) is 0 Å². The molecule has 0 aliphatic heterocycles. The molecule has 0 heterocycles. The van der Waals surface area contributed by atoms with Crippen LogP contribution in [-0.4, -0.2) is 36.5 Å². The fourth-order valence-electron chi connectivity index (χ4n) is 1.79. The zero-order valence-electron chi connectivity index (χ0n) is 13.3. The summed E-state index contributed by atoms with van der Waals surface area (Å²) in [6.45, 7) is 0.338. The van der Waals surface area contributed by atoms with Gasteiger partial charge in [-0.05, 0) is 24.8 Å². The number of nitrogens with zero attached hydrogens (tertiary/aromatic N) is 1. The number of rotatable bonds is 8. The third kappa shape index (κ3) is 7.56. The summed E-state index contributed by atoms with van der Waals surface area (Å²) in [6, 6.07) is 7.26. The molecule has 0 spiro atoms. The van der Waals surface area contributed by atoms with Crippen LogP contribution in [0.25, 0.3) is 0 Å². The second-order valence-corrected chi connectivity index (χ2v) is 5.16. The molecule has 0 aromatic heterocycles. The Morgan fingerprint density at radius 1 is 1.00 bits per heavy atom. The fraction of sp³-hybridized carbons (Fsp3) is 0.400. The number of benzene rings is 1. The molecule has 1 aromatic carbocycles. The Morgan fingerprint density at radius 2 is 1.58 bits per heavy atom. The predicted molar refractivity (Wildman–Crippen MR) is 88.2 cm³/mol. The molecular weight excluding hydrogens is 314 g/mol. The third-order valence-corrected chi connectivity index (χ3v) is 3.08. The highest BCUT2D eigenvalue weighted by atomic mass is 17.2. The molecule has 24 heavy (non-hydrogen) atoms. The maximum atomic E-state index is 11.7. The third-order valence-electron chi connectivity index (χ3n) is 3.08. The smallest absolute Gasteiger partial charge is 0.370 e. The molecular formula is C15H23N5O4. The quantitative estimate of drug-likeness (QED) is 0.153. The molecule has 0 unspecified atom stereocenters. The molecule has 9 nitrogen and oxygen atoms in total. The molecule has 0 bridgehead atoms. The largest absolute Gasteiger partial charge is 0.372 e. The Balaban J connectivity index is 2.29. The zero-order valence-corrected chi connectivity index (χ0v) is 13.3. The Bertz CT molecular complexity index is 560. The fourth-order valence-corrected chi connectivity index (χ4v) is 1.79. The second kappa shape index (κ2) is 10.2. The van der Waals surface area contributed by atoms with Gasteiger partial charge in [-0.25, -0.2) is 19.4 Å². The molecule has 0 amide bonds. The molecule has 1 rings (SSSR count). The Morgan fingerprint density at radius 3 is 2.17 bits per heavy atom. The van der Waals surface area contributed by atoms with Crippen molar-refractivity contribution in [1.29, 1.82) is 0 Å². The van der Waals surface area contributed by atoms with Crippen molar-refractivity contribution in [2.24, 2.45) is 27.9 Å². The van der Waals surface area contributed by atoms with E-state index >= 15 is 0 Å². The lowest BCUT2D eigenvalue weighted by Crippen LogP contribution is -2.37. The van der Waals surface area contributed by atoms with Gasteiger partial charge in [-0.15, -0.1) is 0 Å². The monoisotopic (exact) mass is 337 g/mol. The van der Waals surface area contributed by atoms with Gasteiger partial charge in [-0.1, -0.05) is 30.3 Å². The number of nitrogens with two attached hydrogens (primary N) is 4. The highest BCUT2D eigenvalue weighted by Gasteiger charge is 2.22. The highest BCUT2D eigenvalue weighted by Crippen LogP contribution is 2.04. The molecule has 132 valence electrons. The average molecular weight is 337 g/mol. The van der Waals surface area contributed by atoms with Crippen molar-refractivity contribution >= 4 is 17.9 Å². The number of hydrogen-bond acceptors (Lipinski definition) is 7. The molecule has 0 aliphatic rings. The standard InChI is InChI=1S/C15H23N5O4/c16-11(7-4-8-20-15(18)19)13(21)23-24-14(22)12(17)9-10-5-2-1-3-6-10/h1-3,5-6,11-12H,4,7-9,16-17H2,(H4,18,19,20)/t11-,12-/m1/s1. The van der Waals surface area contributed by atoms with Crippen molar-refractivity contribution in [1.82, 2.24) is 0 Å². The van der Waals surface area contributed by atoms with E-state index in [4.69, 9.17) is 22.9 Å². The highest BCUT2D eigenvalue weighted by molar-refractivity contribution is 5.79. The minimum absolute atomic E-state index is 0.0347. The Kier molecular flexibility index (Phi) is 8.23. The van der Waals surface area contributed by atoms with Crippen LogP contribution in [0.1, 0.15) is 18.4 Å². The lowest BCUT2D eigenvalue weighted by molar-refractivity contribution is -0.261. The summed E-state index contributed by atoms with van der Waals surface area (Å²) in [7, 11) is 0. The van der Waals surface area contributed by atoms with Gasteiger partial charge in [0.1, 0.15) is 12.1 Å². The lowest BCUT2D eigenvalue weighted by atomic mass is 10.1. The first-order chi connectivity index (χ1) is 11.4. The van der Waals surface area contributed by atoms with E-state index in [1.54, 1.807) is 0 Å². The van der Waals surface area contributed by atoms with Crippen molar-refractivity contribution in [3.8, 4) is 0 Å².